The quantitative estimate of drug-likeness (QED) is 0.374. The molecule has 9 nitrogen and oxygen atoms in total. The highest BCUT2D eigenvalue weighted by Crippen LogP contribution is 2.41. The van der Waals surface area contributed by atoms with E-state index < -0.39 is 22.2 Å². The van der Waals surface area contributed by atoms with Gasteiger partial charge in [-0.3, -0.25) is 0 Å². The Balaban J connectivity index is 0.000000587. The van der Waals surface area contributed by atoms with Crippen LogP contribution in [0, 0.1) is 0 Å². The number of nitrogens with zero attached hydrogens (tertiary/aromatic N) is 4. The normalized spacial score (nSPS) is 23.9. The van der Waals surface area contributed by atoms with Crippen molar-refractivity contribution < 1.29 is 31.5 Å². The molecule has 1 aromatic carbocycles. The van der Waals surface area contributed by atoms with Gasteiger partial charge < -0.3 is 15.3 Å². The van der Waals surface area contributed by atoms with Gasteiger partial charge in [0.1, 0.15) is 11.2 Å². The molecule has 0 spiro atoms. The second-order valence-corrected chi connectivity index (χ2v) is 13.8. The number of rotatable bonds is 6. The summed E-state index contributed by atoms with van der Waals surface area (Å²) in [5.41, 5.74) is 1.86. The number of aromatic nitrogens is 2. The Hall–Kier alpha value is -2.00. The second kappa shape index (κ2) is 13.5. The molecule has 1 aliphatic heterocycles. The minimum absolute atomic E-state index is 0.118. The van der Waals surface area contributed by atoms with E-state index in [2.05, 4.69) is 57.1 Å². The van der Waals surface area contributed by atoms with Crippen molar-refractivity contribution in [2.75, 3.05) is 26.0 Å². The first kappa shape index (κ1) is 33.5. The van der Waals surface area contributed by atoms with Crippen LogP contribution in [0.5, 0.6) is 0 Å². The summed E-state index contributed by atoms with van der Waals surface area (Å²) in [6, 6.07) is 3.61. The van der Waals surface area contributed by atoms with Crippen molar-refractivity contribution in [2.24, 2.45) is 0 Å². The molecule has 4 rings (SSSR count). The van der Waals surface area contributed by atoms with Crippen LogP contribution in [0.15, 0.2) is 40.2 Å². The van der Waals surface area contributed by atoms with Crippen molar-refractivity contribution in [1.29, 1.82) is 0 Å². The highest BCUT2D eigenvalue weighted by molar-refractivity contribution is 9.10. The minimum atomic E-state index is -5.08. The Morgan fingerprint density at radius 1 is 1.17 bits per heavy atom. The summed E-state index contributed by atoms with van der Waals surface area (Å²) in [5.74, 6) is -2.76. The molecule has 15 heteroatoms. The number of carbonyl (C=O) groups is 1. The summed E-state index contributed by atoms with van der Waals surface area (Å²) >= 11 is 10.1. The zero-order valence-corrected chi connectivity index (χ0v) is 26.1. The molecule has 2 fully saturated rings. The van der Waals surface area contributed by atoms with Gasteiger partial charge in [0.15, 0.2) is 0 Å². The van der Waals surface area contributed by atoms with Crippen molar-refractivity contribution in [3.8, 4) is 0 Å². The number of halogens is 5. The third-order valence-corrected chi connectivity index (χ3v) is 11.0. The maximum Gasteiger partial charge on any atom is 0.490 e. The predicted molar refractivity (Wildman–Crippen MR) is 153 cm³/mol. The molecule has 1 saturated carbocycles. The molecule has 0 radical (unpaired) electrons. The number of hydrogen-bond donors (Lipinski definition) is 2. The van der Waals surface area contributed by atoms with Crippen LogP contribution in [-0.4, -0.2) is 77.1 Å². The predicted octanol–water partition coefficient (Wildman–Crippen LogP) is 6.12. The molecular formula is C26H34BrClF3N5O4S. The van der Waals surface area contributed by atoms with Crippen LogP contribution in [0.1, 0.15) is 63.5 Å². The van der Waals surface area contributed by atoms with Gasteiger partial charge in [0.25, 0.3) is 0 Å². The summed E-state index contributed by atoms with van der Waals surface area (Å²) in [5, 5.41) is 10.9. The van der Waals surface area contributed by atoms with Crippen molar-refractivity contribution in [3.63, 3.8) is 0 Å². The lowest BCUT2D eigenvalue weighted by Crippen LogP contribution is -2.46. The van der Waals surface area contributed by atoms with Crippen LogP contribution < -0.4 is 5.32 Å². The number of alkyl halides is 3. The van der Waals surface area contributed by atoms with Gasteiger partial charge in [0, 0.05) is 46.2 Å². The molecule has 1 unspecified atom stereocenters. The van der Waals surface area contributed by atoms with Gasteiger partial charge in [-0.15, -0.1) is 0 Å². The minimum Gasteiger partial charge on any atom is -0.475 e. The fourth-order valence-electron chi connectivity index (χ4n) is 5.08. The first-order valence-corrected chi connectivity index (χ1v) is 15.7. The molecule has 0 amide bonds. The van der Waals surface area contributed by atoms with Gasteiger partial charge in [-0.2, -0.15) is 17.5 Å². The largest absolute Gasteiger partial charge is 0.490 e. The van der Waals surface area contributed by atoms with Crippen LogP contribution in [0.4, 0.5) is 18.9 Å². The lowest BCUT2D eigenvalue weighted by atomic mass is 9.80. The molecular weight excluding hydrogens is 651 g/mol. The first-order valence-electron chi connectivity index (χ1n) is 13.1. The van der Waals surface area contributed by atoms with E-state index in [0.29, 0.717) is 17.1 Å². The topological polar surface area (TPSA) is 116 Å². The molecule has 41 heavy (non-hydrogen) atoms. The van der Waals surface area contributed by atoms with Crippen molar-refractivity contribution >= 4 is 49.2 Å². The van der Waals surface area contributed by atoms with E-state index in [1.54, 1.807) is 22.8 Å². The van der Waals surface area contributed by atoms with Crippen molar-refractivity contribution in [3.05, 3.63) is 45.9 Å². The molecule has 1 aliphatic carbocycles. The zero-order chi connectivity index (χ0) is 30.6. The number of sulfonamides is 1. The highest BCUT2D eigenvalue weighted by atomic mass is 79.9. The maximum atomic E-state index is 13.8. The standard InChI is InChI=1S/C24H33BrClN5O2S.C2HF3O2/c1-24(30(2)3)9-7-18(8-10-24)29-19-12-20(25)23(21(26)13-19)34(32,33)31-11-5-4-6-22(31)17-14-27-16-28-15-17;3-2(4,5)1(6)7/h12-16,18,22,29H,4-11H2,1-3H3;(H,6,7). The first-order chi connectivity index (χ1) is 19.1. The zero-order valence-electron chi connectivity index (χ0n) is 23.0. The number of carboxylic acids is 1. The maximum absolute atomic E-state index is 13.8. The highest BCUT2D eigenvalue weighted by Gasteiger charge is 2.39. The number of aliphatic carboxylic acids is 1. The second-order valence-electron chi connectivity index (χ2n) is 10.7. The number of benzene rings is 1. The Kier molecular flexibility index (Phi) is 11.1. The Morgan fingerprint density at radius 3 is 2.27 bits per heavy atom. The van der Waals surface area contributed by atoms with Gasteiger partial charge in [-0.25, -0.2) is 23.2 Å². The average molecular weight is 685 g/mol. The van der Waals surface area contributed by atoms with E-state index in [0.717, 1.165) is 56.2 Å². The van der Waals surface area contributed by atoms with Gasteiger partial charge in [-0.1, -0.05) is 18.0 Å². The lowest BCUT2D eigenvalue weighted by Gasteiger charge is -2.42. The molecule has 228 valence electrons. The molecule has 1 saturated heterocycles. The summed E-state index contributed by atoms with van der Waals surface area (Å²) in [6.45, 7) is 2.75. The van der Waals surface area contributed by atoms with E-state index in [4.69, 9.17) is 21.5 Å². The number of piperidine rings is 1. The van der Waals surface area contributed by atoms with Gasteiger partial charge in [0.2, 0.25) is 10.0 Å². The number of nitrogens with one attached hydrogen (secondary N) is 1. The Bertz CT molecular complexity index is 1290. The van der Waals surface area contributed by atoms with E-state index in [1.165, 1.54) is 6.33 Å². The van der Waals surface area contributed by atoms with Crippen LogP contribution >= 0.6 is 27.5 Å². The summed E-state index contributed by atoms with van der Waals surface area (Å²) in [4.78, 5) is 19.5. The third-order valence-electron chi connectivity index (χ3n) is 7.74. The lowest BCUT2D eigenvalue weighted by molar-refractivity contribution is -0.192. The smallest absolute Gasteiger partial charge is 0.475 e. The van der Waals surface area contributed by atoms with Gasteiger partial charge >= 0.3 is 12.1 Å². The summed E-state index contributed by atoms with van der Waals surface area (Å²) in [7, 11) is 0.451. The molecule has 2 aromatic rings. The average Bonchev–Trinajstić information content (AvgIpc) is 2.90. The SMILES string of the molecule is CN(C)C1(C)CCC(Nc2cc(Cl)c(S(=O)(=O)N3CCCCC3c3cncnc3)c(Br)c2)CC1.O=C(O)C(F)(F)F. The summed E-state index contributed by atoms with van der Waals surface area (Å²) < 4.78 is 61.4. The van der Waals surface area contributed by atoms with E-state index in [-0.39, 0.29) is 21.5 Å². The van der Waals surface area contributed by atoms with Crippen LogP contribution in [0.2, 0.25) is 5.02 Å². The van der Waals surface area contributed by atoms with E-state index >= 15 is 0 Å². The fourth-order valence-corrected chi connectivity index (χ4v) is 8.56. The van der Waals surface area contributed by atoms with Crippen molar-refractivity contribution in [1.82, 2.24) is 19.2 Å². The number of anilines is 1. The van der Waals surface area contributed by atoms with Crippen LogP contribution in [-0.2, 0) is 14.8 Å². The number of hydrogen-bond acceptors (Lipinski definition) is 7. The number of carboxylic acid groups (broad SMARTS) is 1. The Labute approximate surface area is 251 Å². The van der Waals surface area contributed by atoms with Crippen molar-refractivity contribution in [2.45, 2.75) is 80.6 Å². The molecule has 0 bridgehead atoms. The van der Waals surface area contributed by atoms with Gasteiger partial charge in [-0.05, 0) is 87.6 Å². The summed E-state index contributed by atoms with van der Waals surface area (Å²) in [6.07, 6.45) is 6.59. The van der Waals surface area contributed by atoms with E-state index in [1.807, 2.05) is 6.07 Å². The molecule has 1 atom stereocenters. The molecule has 1 aromatic heterocycles. The molecule has 2 aliphatic rings. The Morgan fingerprint density at radius 2 is 1.76 bits per heavy atom. The molecule has 2 N–H and O–H groups in total. The third kappa shape index (κ3) is 8.31. The fraction of sp³-hybridized carbons (Fsp3) is 0.577. The molecule has 2 heterocycles. The van der Waals surface area contributed by atoms with Crippen LogP contribution in [0.3, 0.4) is 0 Å². The van der Waals surface area contributed by atoms with Crippen LogP contribution in [0.25, 0.3) is 0 Å². The van der Waals surface area contributed by atoms with E-state index in [9.17, 15) is 21.6 Å². The monoisotopic (exact) mass is 683 g/mol. The van der Waals surface area contributed by atoms with Gasteiger partial charge in [0.05, 0.1) is 11.1 Å².